The Morgan fingerprint density at radius 3 is 2.44 bits per heavy atom. The largest absolute Gasteiger partial charge is 0.475 e. The molecule has 148 valence electrons. The zero-order valence-corrected chi connectivity index (χ0v) is 17.9. The fraction of sp³-hybridized carbons (Fsp3) is 0.368. The van der Waals surface area contributed by atoms with Gasteiger partial charge in [0.1, 0.15) is 12.4 Å². The number of aliphatic imine (C=N–C) groups is 1. The Kier molecular flexibility index (Phi) is 11.3. The van der Waals surface area contributed by atoms with Crippen LogP contribution in [0.5, 0.6) is 5.88 Å². The number of nitrogens with zero attached hydrogens (tertiary/aromatic N) is 2. The molecule has 1 heterocycles. The summed E-state index contributed by atoms with van der Waals surface area (Å²) in [5, 5.41) is 6.42. The molecule has 0 unspecified atom stereocenters. The van der Waals surface area contributed by atoms with Gasteiger partial charge in [0.25, 0.3) is 0 Å². The van der Waals surface area contributed by atoms with E-state index in [0.717, 1.165) is 17.7 Å². The molecule has 0 saturated carbocycles. The summed E-state index contributed by atoms with van der Waals surface area (Å²) in [7, 11) is 1.63. The first-order chi connectivity index (χ1) is 12.7. The molecule has 0 bridgehead atoms. The molecule has 0 atom stereocenters. The zero-order valence-electron chi connectivity index (χ0n) is 15.6. The van der Waals surface area contributed by atoms with Gasteiger partial charge in [0.15, 0.2) is 5.96 Å². The monoisotopic (exact) mass is 488 g/mol. The van der Waals surface area contributed by atoms with Gasteiger partial charge in [-0.3, -0.25) is 0 Å². The third-order valence-electron chi connectivity index (χ3n) is 3.47. The van der Waals surface area contributed by atoms with Crippen LogP contribution < -0.4 is 15.4 Å². The first-order valence-electron chi connectivity index (χ1n) is 8.54. The molecule has 0 aliphatic rings. The van der Waals surface area contributed by atoms with Crippen LogP contribution in [0.15, 0.2) is 47.6 Å². The average Bonchev–Trinajstić information content (AvgIpc) is 2.66. The van der Waals surface area contributed by atoms with Crippen molar-refractivity contribution in [2.24, 2.45) is 4.99 Å². The summed E-state index contributed by atoms with van der Waals surface area (Å²) in [6, 6.07) is 10.1. The maximum absolute atomic E-state index is 13.0. The highest BCUT2D eigenvalue weighted by molar-refractivity contribution is 14.0. The van der Waals surface area contributed by atoms with Crippen molar-refractivity contribution in [3.63, 3.8) is 0 Å². The third kappa shape index (κ3) is 9.00. The number of rotatable bonds is 9. The zero-order chi connectivity index (χ0) is 18.6. The lowest BCUT2D eigenvalue weighted by atomic mass is 10.2. The van der Waals surface area contributed by atoms with Crippen LogP contribution in [0.3, 0.4) is 0 Å². The number of halogens is 2. The van der Waals surface area contributed by atoms with E-state index in [0.29, 0.717) is 38.1 Å². The Bertz CT molecular complexity index is 681. The van der Waals surface area contributed by atoms with Crippen molar-refractivity contribution in [2.75, 3.05) is 26.9 Å². The van der Waals surface area contributed by atoms with Crippen LogP contribution in [0.1, 0.15) is 18.1 Å². The summed E-state index contributed by atoms with van der Waals surface area (Å²) >= 11 is 0. The predicted molar refractivity (Wildman–Crippen MR) is 115 cm³/mol. The molecule has 8 heteroatoms. The highest BCUT2D eigenvalue weighted by atomic mass is 127. The van der Waals surface area contributed by atoms with E-state index in [9.17, 15) is 4.39 Å². The number of guanidine groups is 1. The van der Waals surface area contributed by atoms with Gasteiger partial charge in [-0.1, -0.05) is 18.2 Å². The van der Waals surface area contributed by atoms with E-state index in [-0.39, 0.29) is 29.8 Å². The number of hydrogen-bond donors (Lipinski definition) is 2. The number of methoxy groups -OCH3 is 1. The normalized spacial score (nSPS) is 10.9. The first kappa shape index (κ1) is 23.1. The smallest absolute Gasteiger partial charge is 0.213 e. The molecule has 0 aliphatic heterocycles. The van der Waals surface area contributed by atoms with E-state index in [1.54, 1.807) is 25.4 Å². The lowest BCUT2D eigenvalue weighted by Crippen LogP contribution is -2.36. The second-order valence-electron chi connectivity index (χ2n) is 5.52. The van der Waals surface area contributed by atoms with Crippen molar-refractivity contribution < 1.29 is 13.9 Å². The van der Waals surface area contributed by atoms with Crippen molar-refractivity contribution in [1.29, 1.82) is 0 Å². The minimum absolute atomic E-state index is 0. The lowest BCUT2D eigenvalue weighted by Gasteiger charge is -2.11. The fourth-order valence-electron chi connectivity index (χ4n) is 2.12. The standard InChI is InChI=1S/C19H25FN4O2.HI/c1-3-21-19(23-12-15-4-7-17(20)8-5-15)24-14-16-6-9-18(22-13-16)26-11-10-25-2;/h4-9,13H,3,10-12,14H2,1-2H3,(H2,21,23,24);1H. The highest BCUT2D eigenvalue weighted by Crippen LogP contribution is 2.08. The van der Waals surface area contributed by atoms with Gasteiger partial charge in [0.2, 0.25) is 5.88 Å². The van der Waals surface area contributed by atoms with E-state index in [1.807, 2.05) is 19.1 Å². The van der Waals surface area contributed by atoms with Gasteiger partial charge in [0.05, 0.1) is 13.2 Å². The molecule has 0 aliphatic carbocycles. The summed E-state index contributed by atoms with van der Waals surface area (Å²) in [4.78, 5) is 8.79. The van der Waals surface area contributed by atoms with Crippen LogP contribution in [0.2, 0.25) is 0 Å². The number of hydrogen-bond acceptors (Lipinski definition) is 4. The van der Waals surface area contributed by atoms with Gasteiger partial charge >= 0.3 is 0 Å². The van der Waals surface area contributed by atoms with Crippen LogP contribution in [-0.4, -0.2) is 37.8 Å². The fourth-order valence-corrected chi connectivity index (χ4v) is 2.12. The Morgan fingerprint density at radius 2 is 1.81 bits per heavy atom. The van der Waals surface area contributed by atoms with Gasteiger partial charge in [-0.15, -0.1) is 24.0 Å². The molecule has 6 nitrogen and oxygen atoms in total. The van der Waals surface area contributed by atoms with Gasteiger partial charge in [-0.2, -0.15) is 0 Å². The Balaban J connectivity index is 0.00000364. The molecule has 0 spiro atoms. The molecular formula is C19H26FIN4O2. The second-order valence-corrected chi connectivity index (χ2v) is 5.52. The quantitative estimate of drug-likeness (QED) is 0.246. The first-order valence-corrected chi connectivity index (χ1v) is 8.54. The predicted octanol–water partition coefficient (Wildman–Crippen LogP) is 3.12. The van der Waals surface area contributed by atoms with Crippen molar-refractivity contribution in [3.8, 4) is 5.88 Å². The third-order valence-corrected chi connectivity index (χ3v) is 3.47. The number of nitrogens with one attached hydrogen (secondary N) is 2. The number of aromatic nitrogens is 1. The molecule has 1 aromatic heterocycles. The van der Waals surface area contributed by atoms with E-state index >= 15 is 0 Å². The molecule has 0 fully saturated rings. The van der Waals surface area contributed by atoms with Crippen molar-refractivity contribution >= 4 is 29.9 Å². The number of benzene rings is 1. The summed E-state index contributed by atoms with van der Waals surface area (Å²) < 4.78 is 23.3. The molecule has 2 N–H and O–H groups in total. The van der Waals surface area contributed by atoms with Gasteiger partial charge < -0.3 is 20.1 Å². The van der Waals surface area contributed by atoms with Crippen LogP contribution >= 0.6 is 24.0 Å². The van der Waals surface area contributed by atoms with Gasteiger partial charge in [-0.05, 0) is 30.2 Å². The Hall–Kier alpha value is -1.94. The molecule has 0 radical (unpaired) electrons. The van der Waals surface area contributed by atoms with Crippen LogP contribution in [0.25, 0.3) is 0 Å². The van der Waals surface area contributed by atoms with Gasteiger partial charge in [-0.25, -0.2) is 14.4 Å². The molecule has 2 rings (SSSR count). The average molecular weight is 488 g/mol. The van der Waals surface area contributed by atoms with E-state index in [4.69, 9.17) is 9.47 Å². The van der Waals surface area contributed by atoms with E-state index in [1.165, 1.54) is 12.1 Å². The van der Waals surface area contributed by atoms with Gasteiger partial charge in [0, 0.05) is 32.5 Å². The van der Waals surface area contributed by atoms with Crippen LogP contribution in [0, 0.1) is 5.82 Å². The molecule has 27 heavy (non-hydrogen) atoms. The highest BCUT2D eigenvalue weighted by Gasteiger charge is 2.01. The SMILES string of the molecule is CCNC(=NCc1ccc(OCCOC)nc1)NCc1ccc(F)cc1.I. The minimum Gasteiger partial charge on any atom is -0.475 e. The van der Waals surface area contributed by atoms with Crippen LogP contribution in [0.4, 0.5) is 4.39 Å². The molecule has 0 amide bonds. The molecular weight excluding hydrogens is 462 g/mol. The molecule has 0 saturated heterocycles. The Morgan fingerprint density at radius 1 is 1.07 bits per heavy atom. The van der Waals surface area contributed by atoms with Crippen molar-refractivity contribution in [2.45, 2.75) is 20.0 Å². The van der Waals surface area contributed by atoms with Crippen molar-refractivity contribution in [1.82, 2.24) is 15.6 Å². The number of ether oxygens (including phenoxy) is 2. The minimum atomic E-state index is -0.239. The topological polar surface area (TPSA) is 67.8 Å². The molecule has 2 aromatic rings. The lowest BCUT2D eigenvalue weighted by molar-refractivity contribution is 0.143. The summed E-state index contributed by atoms with van der Waals surface area (Å²) in [6.45, 7) is 4.81. The summed E-state index contributed by atoms with van der Waals surface area (Å²) in [6.07, 6.45) is 1.75. The van der Waals surface area contributed by atoms with Crippen molar-refractivity contribution in [3.05, 3.63) is 59.5 Å². The number of pyridine rings is 1. The van der Waals surface area contributed by atoms with E-state index < -0.39 is 0 Å². The molecule has 1 aromatic carbocycles. The van der Waals surface area contributed by atoms with E-state index in [2.05, 4.69) is 20.6 Å². The second kappa shape index (κ2) is 13.3. The van der Waals surface area contributed by atoms with Crippen LogP contribution in [-0.2, 0) is 17.8 Å². The summed E-state index contributed by atoms with van der Waals surface area (Å²) in [5.41, 5.74) is 1.96. The maximum atomic E-state index is 13.0. The Labute approximate surface area is 176 Å². The summed E-state index contributed by atoms with van der Waals surface area (Å²) in [5.74, 6) is 1.02. The maximum Gasteiger partial charge on any atom is 0.213 e.